The van der Waals surface area contributed by atoms with Gasteiger partial charge in [0, 0.05) is 27.7 Å². The molecule has 0 aliphatic carbocycles. The first-order valence-electron chi connectivity index (χ1n) is 9.88. The Labute approximate surface area is 189 Å². The summed E-state index contributed by atoms with van der Waals surface area (Å²) in [7, 11) is 0. The largest absolute Gasteiger partial charge is 0.508 e. The molecule has 5 atom stereocenters. The van der Waals surface area contributed by atoms with E-state index in [2.05, 4.69) is 5.32 Å². The number of benzene rings is 1. The topological polar surface area (TPSA) is 164 Å². The Morgan fingerprint density at radius 2 is 1.45 bits per heavy atom. The minimum Gasteiger partial charge on any atom is -0.508 e. The van der Waals surface area contributed by atoms with E-state index in [9.17, 15) is 29.1 Å². The van der Waals surface area contributed by atoms with E-state index in [4.69, 9.17) is 23.7 Å². The van der Waals surface area contributed by atoms with Crippen LogP contribution in [0.4, 0.5) is 0 Å². The fraction of sp³-hybridized carbons (Fsp3) is 0.476. The van der Waals surface area contributed by atoms with Gasteiger partial charge in [0.25, 0.3) is 0 Å². The SMILES string of the molecule is CC(=O)N[C@@H]1[C@H](OC(=O)c2ccc(O)cc2)O[C@H](COC(C)=O)[C@@H](OC(C)=O)[C@H]1OC(C)=O. The highest BCUT2D eigenvalue weighted by atomic mass is 16.7. The Morgan fingerprint density at radius 1 is 0.879 bits per heavy atom. The van der Waals surface area contributed by atoms with E-state index in [1.807, 2.05) is 0 Å². The van der Waals surface area contributed by atoms with E-state index in [0.717, 1.165) is 20.8 Å². The molecule has 0 bridgehead atoms. The zero-order chi connectivity index (χ0) is 24.7. The molecular formula is C21H25NO11. The summed E-state index contributed by atoms with van der Waals surface area (Å²) in [6.07, 6.45) is -5.37. The lowest BCUT2D eigenvalue weighted by Crippen LogP contribution is -2.66. The van der Waals surface area contributed by atoms with Crippen molar-refractivity contribution in [1.29, 1.82) is 0 Å². The van der Waals surface area contributed by atoms with E-state index in [1.165, 1.54) is 31.2 Å². The van der Waals surface area contributed by atoms with Crippen LogP contribution in [0.1, 0.15) is 38.1 Å². The summed E-state index contributed by atoms with van der Waals surface area (Å²) < 4.78 is 26.7. The highest BCUT2D eigenvalue weighted by Gasteiger charge is 2.52. The van der Waals surface area contributed by atoms with Crippen molar-refractivity contribution >= 4 is 29.8 Å². The standard InChI is InChI=1S/C21H25NO11/c1-10(23)22-17-19(31-13(4)26)18(30-12(3)25)16(9-29-11(2)24)32-21(17)33-20(28)14-5-7-15(27)8-6-14/h5-8,16-19,21,27H,9H2,1-4H3,(H,22,23)/t16-,17+,18-,19+,21+/m1/s1. The third-order valence-electron chi connectivity index (χ3n) is 4.40. The number of phenols is 1. The molecule has 1 aromatic rings. The lowest BCUT2D eigenvalue weighted by molar-refractivity contribution is -0.263. The molecule has 1 aliphatic rings. The van der Waals surface area contributed by atoms with Crippen LogP contribution in [0.15, 0.2) is 24.3 Å². The summed E-state index contributed by atoms with van der Waals surface area (Å²) in [5.74, 6) is -3.72. The average Bonchev–Trinajstić information content (AvgIpc) is 2.70. The van der Waals surface area contributed by atoms with Crippen LogP contribution in [0.25, 0.3) is 0 Å². The number of amides is 1. The molecule has 180 valence electrons. The number of esters is 4. The maximum absolute atomic E-state index is 12.6. The predicted molar refractivity (Wildman–Crippen MR) is 108 cm³/mol. The van der Waals surface area contributed by atoms with Crippen LogP contribution < -0.4 is 5.32 Å². The summed E-state index contributed by atoms with van der Waals surface area (Å²) in [5.41, 5.74) is 0.0562. The predicted octanol–water partition coefficient (Wildman–Crippen LogP) is 0.205. The molecule has 1 amide bonds. The molecule has 1 aromatic carbocycles. The summed E-state index contributed by atoms with van der Waals surface area (Å²) in [5, 5.41) is 11.9. The zero-order valence-electron chi connectivity index (χ0n) is 18.4. The van der Waals surface area contributed by atoms with E-state index in [0.29, 0.717) is 0 Å². The van der Waals surface area contributed by atoms with Gasteiger partial charge < -0.3 is 34.1 Å². The Morgan fingerprint density at radius 3 is 1.97 bits per heavy atom. The van der Waals surface area contributed by atoms with Crippen molar-refractivity contribution in [2.45, 2.75) is 58.3 Å². The fourth-order valence-electron chi connectivity index (χ4n) is 3.16. The Bertz CT molecular complexity index is 898. The Balaban J connectivity index is 2.42. The third-order valence-corrected chi connectivity index (χ3v) is 4.40. The first-order chi connectivity index (χ1) is 15.5. The van der Waals surface area contributed by atoms with Crippen molar-refractivity contribution in [1.82, 2.24) is 5.32 Å². The van der Waals surface area contributed by atoms with Gasteiger partial charge in [-0.15, -0.1) is 0 Å². The minimum atomic E-state index is -1.52. The zero-order valence-corrected chi connectivity index (χ0v) is 18.4. The number of rotatable bonds is 7. The molecule has 0 radical (unpaired) electrons. The van der Waals surface area contributed by atoms with Gasteiger partial charge in [0.1, 0.15) is 24.5 Å². The van der Waals surface area contributed by atoms with Crippen LogP contribution in [0, 0.1) is 0 Å². The van der Waals surface area contributed by atoms with E-state index >= 15 is 0 Å². The van der Waals surface area contributed by atoms with Gasteiger partial charge in [-0.1, -0.05) is 0 Å². The van der Waals surface area contributed by atoms with Crippen LogP contribution >= 0.6 is 0 Å². The number of aromatic hydroxyl groups is 1. The van der Waals surface area contributed by atoms with Crippen molar-refractivity contribution < 1.29 is 52.8 Å². The van der Waals surface area contributed by atoms with Gasteiger partial charge in [0.15, 0.2) is 12.2 Å². The van der Waals surface area contributed by atoms with Crippen LogP contribution in [-0.2, 0) is 42.9 Å². The Kier molecular flexibility index (Phi) is 8.74. The van der Waals surface area contributed by atoms with Crippen molar-refractivity contribution in [2.75, 3.05) is 6.61 Å². The summed E-state index contributed by atoms with van der Waals surface area (Å²) in [6, 6.07) is 3.87. The number of hydrogen-bond acceptors (Lipinski definition) is 11. The smallest absolute Gasteiger partial charge is 0.340 e. The normalized spacial score (nSPS) is 24.2. The second-order valence-electron chi connectivity index (χ2n) is 7.17. The van der Waals surface area contributed by atoms with Gasteiger partial charge in [-0.05, 0) is 24.3 Å². The van der Waals surface area contributed by atoms with E-state index in [1.54, 1.807) is 0 Å². The number of nitrogens with one attached hydrogen (secondary N) is 1. The van der Waals surface area contributed by atoms with Gasteiger partial charge in [0.05, 0.1) is 5.56 Å². The molecule has 12 heteroatoms. The molecule has 0 unspecified atom stereocenters. The van der Waals surface area contributed by atoms with Crippen molar-refractivity contribution in [3.8, 4) is 5.75 Å². The molecule has 0 aromatic heterocycles. The molecule has 2 rings (SSSR count). The summed E-state index contributed by atoms with van der Waals surface area (Å²) >= 11 is 0. The highest BCUT2D eigenvalue weighted by Crippen LogP contribution is 2.28. The average molecular weight is 467 g/mol. The van der Waals surface area contributed by atoms with Crippen molar-refractivity contribution in [2.24, 2.45) is 0 Å². The van der Waals surface area contributed by atoms with Gasteiger partial charge in [-0.3, -0.25) is 19.2 Å². The summed E-state index contributed by atoms with van der Waals surface area (Å²) in [4.78, 5) is 59.3. The lowest BCUT2D eigenvalue weighted by Gasteiger charge is -2.44. The molecule has 33 heavy (non-hydrogen) atoms. The number of phenolic OH excluding ortho intramolecular Hbond substituents is 1. The molecule has 1 heterocycles. The van der Waals surface area contributed by atoms with E-state index in [-0.39, 0.29) is 11.3 Å². The van der Waals surface area contributed by atoms with Gasteiger partial charge in [-0.2, -0.15) is 0 Å². The van der Waals surface area contributed by atoms with Crippen LogP contribution in [0.3, 0.4) is 0 Å². The van der Waals surface area contributed by atoms with Crippen LogP contribution in [0.2, 0.25) is 0 Å². The lowest BCUT2D eigenvalue weighted by atomic mass is 9.96. The molecule has 12 nitrogen and oxygen atoms in total. The molecule has 2 N–H and O–H groups in total. The number of ether oxygens (including phenoxy) is 5. The second-order valence-corrected chi connectivity index (χ2v) is 7.17. The minimum absolute atomic E-state index is 0.0562. The molecular weight excluding hydrogens is 442 g/mol. The second kappa shape index (κ2) is 11.3. The van der Waals surface area contributed by atoms with Crippen molar-refractivity contribution in [3.05, 3.63) is 29.8 Å². The number of carbonyl (C=O) groups excluding carboxylic acids is 5. The molecule has 1 fully saturated rings. The van der Waals surface area contributed by atoms with E-state index < -0.39 is 67.0 Å². The van der Waals surface area contributed by atoms with Crippen LogP contribution in [-0.4, -0.2) is 72.1 Å². The Hall–Kier alpha value is -3.67. The van der Waals surface area contributed by atoms with Crippen LogP contribution in [0.5, 0.6) is 5.75 Å². The highest BCUT2D eigenvalue weighted by molar-refractivity contribution is 5.89. The van der Waals surface area contributed by atoms with Gasteiger partial charge in [0.2, 0.25) is 12.2 Å². The molecule has 0 spiro atoms. The molecule has 1 saturated heterocycles. The maximum Gasteiger partial charge on any atom is 0.340 e. The number of hydrogen-bond donors (Lipinski definition) is 2. The number of carbonyl (C=O) groups is 5. The first kappa shape index (κ1) is 25.6. The summed E-state index contributed by atoms with van der Waals surface area (Å²) in [6.45, 7) is 4.11. The molecule has 0 saturated carbocycles. The molecule has 1 aliphatic heterocycles. The quantitative estimate of drug-likeness (QED) is 0.416. The van der Waals surface area contributed by atoms with Gasteiger partial charge >= 0.3 is 23.9 Å². The van der Waals surface area contributed by atoms with Gasteiger partial charge in [-0.25, -0.2) is 4.79 Å². The van der Waals surface area contributed by atoms with Crippen molar-refractivity contribution in [3.63, 3.8) is 0 Å². The maximum atomic E-state index is 12.6. The third kappa shape index (κ3) is 7.45. The monoisotopic (exact) mass is 467 g/mol. The first-order valence-corrected chi connectivity index (χ1v) is 9.88. The fourth-order valence-corrected chi connectivity index (χ4v) is 3.16.